The molecule has 0 saturated carbocycles. The number of sulfonamides is 1. The lowest BCUT2D eigenvalue weighted by molar-refractivity contribution is -0.127. The van der Waals surface area contributed by atoms with E-state index in [1.54, 1.807) is 19.2 Å². The van der Waals surface area contributed by atoms with E-state index in [0.29, 0.717) is 30.3 Å². The number of piperidine rings is 1. The molecule has 0 spiro atoms. The van der Waals surface area contributed by atoms with Crippen molar-refractivity contribution in [2.45, 2.75) is 44.0 Å². The van der Waals surface area contributed by atoms with Gasteiger partial charge in [0.1, 0.15) is 5.75 Å². The topological polar surface area (TPSA) is 75.7 Å². The molecule has 1 aliphatic rings. The van der Waals surface area contributed by atoms with Crippen LogP contribution in [0.1, 0.15) is 44.7 Å². The van der Waals surface area contributed by atoms with Crippen LogP contribution < -0.4 is 10.1 Å². The van der Waals surface area contributed by atoms with E-state index in [2.05, 4.69) is 19.2 Å². The summed E-state index contributed by atoms with van der Waals surface area (Å²) in [6.45, 7) is 4.81. The molecule has 32 heavy (non-hydrogen) atoms. The van der Waals surface area contributed by atoms with E-state index in [1.807, 2.05) is 24.3 Å². The third-order valence-corrected chi connectivity index (χ3v) is 7.88. The number of rotatable bonds is 8. The Morgan fingerprint density at radius 3 is 2.41 bits per heavy atom. The van der Waals surface area contributed by atoms with E-state index in [-0.39, 0.29) is 23.4 Å². The maximum absolute atomic E-state index is 13.2. The number of carbonyl (C=O) groups is 1. The van der Waals surface area contributed by atoms with Gasteiger partial charge in [-0.05, 0) is 67.1 Å². The van der Waals surface area contributed by atoms with Crippen molar-refractivity contribution in [2.75, 3.05) is 20.2 Å². The van der Waals surface area contributed by atoms with Gasteiger partial charge in [0.25, 0.3) is 0 Å². The Morgan fingerprint density at radius 2 is 1.81 bits per heavy atom. The Hall–Kier alpha value is -2.09. The molecule has 2 atom stereocenters. The quantitative estimate of drug-likeness (QED) is 0.599. The first kappa shape index (κ1) is 24.6. The smallest absolute Gasteiger partial charge is 0.243 e. The minimum absolute atomic E-state index is 0.109. The molecule has 0 aliphatic carbocycles. The number of hydrogen-bond acceptors (Lipinski definition) is 4. The van der Waals surface area contributed by atoms with E-state index < -0.39 is 15.9 Å². The van der Waals surface area contributed by atoms with Crippen LogP contribution in [0.2, 0.25) is 5.02 Å². The summed E-state index contributed by atoms with van der Waals surface area (Å²) in [7, 11) is -2.05. The van der Waals surface area contributed by atoms with Gasteiger partial charge >= 0.3 is 0 Å². The van der Waals surface area contributed by atoms with Gasteiger partial charge in [-0.25, -0.2) is 8.42 Å². The van der Waals surface area contributed by atoms with Crippen molar-refractivity contribution < 1.29 is 17.9 Å². The predicted molar refractivity (Wildman–Crippen MR) is 126 cm³/mol. The van der Waals surface area contributed by atoms with Crippen molar-refractivity contribution in [1.82, 2.24) is 9.62 Å². The Morgan fingerprint density at radius 1 is 1.16 bits per heavy atom. The molecule has 1 aliphatic heterocycles. The lowest BCUT2D eigenvalue weighted by atomic mass is 9.94. The average molecular weight is 479 g/mol. The standard InChI is InChI=1S/C24H31ClN2O4S/c1-17(2)15-23(18-6-10-21(31-3)11-7-18)26-24(28)19-5-4-14-27(16-19)32(29,30)22-12-8-20(25)9-13-22/h6-13,17,19,23H,4-5,14-16H2,1-3H3,(H,26,28). The largest absolute Gasteiger partial charge is 0.497 e. The zero-order valence-corrected chi connectivity index (χ0v) is 20.3. The average Bonchev–Trinajstić information content (AvgIpc) is 2.78. The van der Waals surface area contributed by atoms with Gasteiger partial charge in [-0.15, -0.1) is 0 Å². The molecular weight excluding hydrogens is 448 g/mol. The van der Waals surface area contributed by atoms with Gasteiger partial charge in [0.05, 0.1) is 24.0 Å². The molecular formula is C24H31ClN2O4S. The van der Waals surface area contributed by atoms with Gasteiger partial charge in [0, 0.05) is 18.1 Å². The van der Waals surface area contributed by atoms with Gasteiger partial charge in [-0.1, -0.05) is 37.6 Å². The fraction of sp³-hybridized carbons (Fsp3) is 0.458. The highest BCUT2D eigenvalue weighted by atomic mass is 35.5. The highest BCUT2D eigenvalue weighted by molar-refractivity contribution is 7.89. The fourth-order valence-corrected chi connectivity index (χ4v) is 5.66. The Bertz CT molecular complexity index is 1010. The van der Waals surface area contributed by atoms with E-state index >= 15 is 0 Å². The molecule has 1 heterocycles. The van der Waals surface area contributed by atoms with Crippen molar-refractivity contribution in [3.05, 3.63) is 59.1 Å². The summed E-state index contributed by atoms with van der Waals surface area (Å²) in [5.74, 6) is 0.649. The molecule has 174 valence electrons. The molecule has 3 rings (SSSR count). The second-order valence-electron chi connectivity index (χ2n) is 8.62. The summed E-state index contributed by atoms with van der Waals surface area (Å²) in [6.07, 6.45) is 2.09. The lowest BCUT2D eigenvalue weighted by Crippen LogP contribution is -2.46. The van der Waals surface area contributed by atoms with Crippen LogP contribution in [0, 0.1) is 11.8 Å². The van der Waals surface area contributed by atoms with Crippen molar-refractivity contribution in [3.8, 4) is 5.75 Å². The SMILES string of the molecule is COc1ccc(C(CC(C)C)NC(=O)C2CCCN(S(=O)(=O)c3ccc(Cl)cc3)C2)cc1. The van der Waals surface area contributed by atoms with Gasteiger partial charge in [-0.3, -0.25) is 4.79 Å². The van der Waals surface area contributed by atoms with E-state index in [4.69, 9.17) is 16.3 Å². The van der Waals surface area contributed by atoms with Crippen LogP contribution in [0.5, 0.6) is 5.75 Å². The molecule has 1 amide bonds. The zero-order valence-electron chi connectivity index (χ0n) is 18.8. The second-order valence-corrected chi connectivity index (χ2v) is 11.0. The summed E-state index contributed by atoms with van der Waals surface area (Å²) in [4.78, 5) is 13.4. The minimum atomic E-state index is -3.67. The zero-order chi connectivity index (χ0) is 23.3. The minimum Gasteiger partial charge on any atom is -0.497 e. The van der Waals surface area contributed by atoms with Crippen LogP contribution in [0.25, 0.3) is 0 Å². The second kappa shape index (κ2) is 10.7. The van der Waals surface area contributed by atoms with E-state index in [9.17, 15) is 13.2 Å². The molecule has 1 saturated heterocycles. The van der Waals surface area contributed by atoms with Gasteiger partial charge in [-0.2, -0.15) is 4.31 Å². The summed E-state index contributed by atoms with van der Waals surface area (Å²) in [5, 5.41) is 3.65. The maximum atomic E-state index is 13.2. The number of benzene rings is 2. The highest BCUT2D eigenvalue weighted by Crippen LogP contribution is 2.27. The van der Waals surface area contributed by atoms with Gasteiger partial charge in [0.2, 0.25) is 15.9 Å². The Labute approximate surface area is 196 Å². The van der Waals surface area contributed by atoms with Gasteiger partial charge in [0.15, 0.2) is 0 Å². The third kappa shape index (κ3) is 6.03. The van der Waals surface area contributed by atoms with Crippen LogP contribution in [-0.2, 0) is 14.8 Å². The predicted octanol–water partition coefficient (Wildman–Crippen LogP) is 4.65. The van der Waals surface area contributed by atoms with Crippen LogP contribution in [0.3, 0.4) is 0 Å². The van der Waals surface area contributed by atoms with E-state index in [1.165, 1.54) is 16.4 Å². The van der Waals surface area contributed by atoms with Crippen molar-refractivity contribution in [3.63, 3.8) is 0 Å². The van der Waals surface area contributed by atoms with Crippen LogP contribution in [0.4, 0.5) is 0 Å². The van der Waals surface area contributed by atoms with E-state index in [0.717, 1.165) is 17.7 Å². The van der Waals surface area contributed by atoms with Crippen molar-refractivity contribution in [1.29, 1.82) is 0 Å². The van der Waals surface area contributed by atoms with Crippen molar-refractivity contribution in [2.24, 2.45) is 11.8 Å². The normalized spacial score (nSPS) is 18.3. The summed E-state index contributed by atoms with van der Waals surface area (Å²) >= 11 is 5.90. The molecule has 6 nitrogen and oxygen atoms in total. The first-order valence-electron chi connectivity index (χ1n) is 10.9. The van der Waals surface area contributed by atoms with Gasteiger partial charge < -0.3 is 10.1 Å². The molecule has 2 aromatic carbocycles. The maximum Gasteiger partial charge on any atom is 0.243 e. The number of amides is 1. The van der Waals surface area contributed by atoms with Crippen molar-refractivity contribution >= 4 is 27.5 Å². The first-order chi connectivity index (χ1) is 15.2. The monoisotopic (exact) mass is 478 g/mol. The molecule has 8 heteroatoms. The lowest BCUT2D eigenvalue weighted by Gasteiger charge is -2.32. The fourth-order valence-electron chi connectivity index (χ4n) is 4.01. The van der Waals surface area contributed by atoms with Crippen LogP contribution in [0.15, 0.2) is 53.4 Å². The summed E-state index contributed by atoms with van der Waals surface area (Å²) in [5.41, 5.74) is 1.01. The molecule has 1 N–H and O–H groups in total. The Balaban J connectivity index is 1.72. The number of ether oxygens (including phenoxy) is 1. The number of carbonyl (C=O) groups excluding carboxylic acids is 1. The highest BCUT2D eigenvalue weighted by Gasteiger charge is 2.34. The van der Waals surface area contributed by atoms with Crippen LogP contribution >= 0.6 is 11.6 Å². The molecule has 1 fully saturated rings. The number of nitrogens with zero attached hydrogens (tertiary/aromatic N) is 1. The summed E-state index contributed by atoms with van der Waals surface area (Å²) in [6, 6.07) is 13.7. The number of nitrogens with one attached hydrogen (secondary N) is 1. The number of hydrogen-bond donors (Lipinski definition) is 1. The molecule has 0 bridgehead atoms. The number of halogens is 1. The first-order valence-corrected chi connectivity index (χ1v) is 12.7. The summed E-state index contributed by atoms with van der Waals surface area (Å²) < 4.78 is 32.8. The third-order valence-electron chi connectivity index (χ3n) is 5.75. The van der Waals surface area contributed by atoms with Crippen LogP contribution in [-0.4, -0.2) is 38.8 Å². The molecule has 2 unspecified atom stereocenters. The Kier molecular flexibility index (Phi) is 8.20. The molecule has 0 radical (unpaired) electrons. The molecule has 2 aromatic rings. The molecule has 0 aromatic heterocycles. The number of methoxy groups -OCH3 is 1.